The number of esters is 1. The molecule has 2 aromatic carbocycles. The van der Waals surface area contributed by atoms with Gasteiger partial charge in [-0.1, -0.05) is 24.3 Å². The van der Waals surface area contributed by atoms with Gasteiger partial charge in [0.1, 0.15) is 5.01 Å². The van der Waals surface area contributed by atoms with Gasteiger partial charge in [0.15, 0.2) is 0 Å². The van der Waals surface area contributed by atoms with Crippen LogP contribution >= 0.6 is 11.3 Å². The maximum atomic E-state index is 12.8. The SMILES string of the molecule is COC(=O)Cc1cccc(N2CCc3nc(-c4ccc(C(F)(F)F)cc4)sc3C2)c1. The summed E-state index contributed by atoms with van der Waals surface area (Å²) in [6.07, 6.45) is -3.36. The molecule has 0 amide bonds. The first-order valence-electron chi connectivity index (χ1n) is 9.40. The number of hydrogen-bond donors (Lipinski definition) is 0. The van der Waals surface area contributed by atoms with Gasteiger partial charge in [-0.25, -0.2) is 4.98 Å². The minimum atomic E-state index is -4.34. The smallest absolute Gasteiger partial charge is 0.416 e. The number of benzene rings is 2. The molecule has 0 aliphatic carbocycles. The van der Waals surface area contributed by atoms with E-state index in [9.17, 15) is 18.0 Å². The number of alkyl halides is 3. The van der Waals surface area contributed by atoms with Crippen LogP contribution in [0.3, 0.4) is 0 Å². The van der Waals surface area contributed by atoms with Gasteiger partial charge in [-0.3, -0.25) is 4.79 Å². The van der Waals surface area contributed by atoms with E-state index in [1.54, 1.807) is 0 Å². The molecule has 4 nitrogen and oxygen atoms in total. The molecule has 0 spiro atoms. The Morgan fingerprint density at radius 3 is 2.67 bits per heavy atom. The number of thiazole rings is 1. The molecule has 0 bridgehead atoms. The van der Waals surface area contributed by atoms with Gasteiger partial charge in [-0.05, 0) is 29.8 Å². The molecule has 0 radical (unpaired) electrons. The van der Waals surface area contributed by atoms with Crippen LogP contribution in [0.15, 0.2) is 48.5 Å². The molecule has 1 aliphatic rings. The molecule has 0 atom stereocenters. The van der Waals surface area contributed by atoms with Crippen molar-refractivity contribution in [1.82, 2.24) is 4.98 Å². The van der Waals surface area contributed by atoms with Crippen molar-refractivity contribution in [3.8, 4) is 10.6 Å². The summed E-state index contributed by atoms with van der Waals surface area (Å²) < 4.78 is 43.1. The highest BCUT2D eigenvalue weighted by Crippen LogP contribution is 2.35. The highest BCUT2D eigenvalue weighted by atomic mass is 32.1. The average Bonchev–Trinajstić information content (AvgIpc) is 3.16. The second-order valence-corrected chi connectivity index (χ2v) is 8.14. The molecule has 4 rings (SSSR count). The van der Waals surface area contributed by atoms with E-state index in [1.807, 2.05) is 24.3 Å². The molecule has 156 valence electrons. The lowest BCUT2D eigenvalue weighted by molar-refractivity contribution is -0.140. The molecule has 0 saturated carbocycles. The van der Waals surface area contributed by atoms with E-state index >= 15 is 0 Å². The fourth-order valence-electron chi connectivity index (χ4n) is 3.44. The summed E-state index contributed by atoms with van der Waals surface area (Å²) in [5, 5.41) is 0.731. The predicted molar refractivity (Wildman–Crippen MR) is 109 cm³/mol. The molecular weight excluding hydrogens is 413 g/mol. The van der Waals surface area contributed by atoms with Crippen LogP contribution in [0, 0.1) is 0 Å². The van der Waals surface area contributed by atoms with E-state index < -0.39 is 11.7 Å². The number of ether oxygens (including phenoxy) is 1. The van der Waals surface area contributed by atoms with Gasteiger partial charge >= 0.3 is 12.1 Å². The first kappa shape index (κ1) is 20.4. The predicted octanol–water partition coefficient (Wildman–Crippen LogP) is 5.11. The van der Waals surface area contributed by atoms with Gasteiger partial charge in [0.05, 0.1) is 31.3 Å². The molecule has 0 unspecified atom stereocenters. The van der Waals surface area contributed by atoms with Crippen LogP contribution in [-0.4, -0.2) is 24.6 Å². The molecule has 0 N–H and O–H groups in total. The van der Waals surface area contributed by atoms with Gasteiger partial charge in [0.25, 0.3) is 0 Å². The van der Waals surface area contributed by atoms with E-state index in [0.717, 1.165) is 51.9 Å². The Kier molecular flexibility index (Phi) is 5.51. The molecule has 1 aromatic heterocycles. The standard InChI is InChI=1S/C22H19F3N2O2S/c1-29-20(28)12-14-3-2-4-17(11-14)27-10-9-18-19(13-27)30-21(26-18)15-5-7-16(8-6-15)22(23,24)25/h2-8,11H,9-10,12-13H2,1H3. The third kappa shape index (κ3) is 4.33. The van der Waals surface area contributed by atoms with E-state index in [2.05, 4.69) is 9.88 Å². The first-order chi connectivity index (χ1) is 14.3. The van der Waals surface area contributed by atoms with Crippen LogP contribution in [0.5, 0.6) is 0 Å². The molecule has 2 heterocycles. The van der Waals surface area contributed by atoms with Crippen LogP contribution in [0.2, 0.25) is 0 Å². The van der Waals surface area contributed by atoms with Gasteiger partial charge in [0.2, 0.25) is 0 Å². The lowest BCUT2D eigenvalue weighted by atomic mass is 10.1. The highest BCUT2D eigenvalue weighted by molar-refractivity contribution is 7.15. The summed E-state index contributed by atoms with van der Waals surface area (Å²) >= 11 is 1.51. The van der Waals surface area contributed by atoms with Crippen molar-refractivity contribution >= 4 is 23.0 Å². The first-order valence-corrected chi connectivity index (χ1v) is 10.2. The highest BCUT2D eigenvalue weighted by Gasteiger charge is 2.30. The summed E-state index contributed by atoms with van der Waals surface area (Å²) in [5.41, 5.74) is 2.93. The van der Waals surface area contributed by atoms with Crippen molar-refractivity contribution in [3.63, 3.8) is 0 Å². The van der Waals surface area contributed by atoms with Crippen molar-refractivity contribution in [3.05, 3.63) is 70.2 Å². The number of nitrogens with zero attached hydrogens (tertiary/aromatic N) is 2. The van der Waals surface area contributed by atoms with E-state index in [0.29, 0.717) is 12.1 Å². The summed E-state index contributed by atoms with van der Waals surface area (Å²) in [5.74, 6) is -0.281. The molecule has 8 heteroatoms. The van der Waals surface area contributed by atoms with Gasteiger partial charge in [0, 0.05) is 29.1 Å². The third-order valence-electron chi connectivity index (χ3n) is 5.04. The fraction of sp³-hybridized carbons (Fsp3) is 0.273. The van der Waals surface area contributed by atoms with Crippen molar-refractivity contribution in [1.29, 1.82) is 0 Å². The van der Waals surface area contributed by atoms with Crippen molar-refractivity contribution in [2.75, 3.05) is 18.6 Å². The zero-order valence-electron chi connectivity index (χ0n) is 16.2. The van der Waals surface area contributed by atoms with Crippen molar-refractivity contribution < 1.29 is 22.7 Å². The van der Waals surface area contributed by atoms with E-state index in [4.69, 9.17) is 4.74 Å². The van der Waals surface area contributed by atoms with Gasteiger partial charge in [-0.2, -0.15) is 13.2 Å². The minimum absolute atomic E-state index is 0.224. The number of rotatable bonds is 4. The number of halogens is 3. The zero-order chi connectivity index (χ0) is 21.3. The van der Waals surface area contributed by atoms with E-state index in [-0.39, 0.29) is 12.4 Å². The number of fused-ring (bicyclic) bond motifs is 1. The Bertz CT molecular complexity index is 1060. The zero-order valence-corrected chi connectivity index (χ0v) is 17.0. The number of hydrogen-bond acceptors (Lipinski definition) is 5. The maximum Gasteiger partial charge on any atom is 0.416 e. The van der Waals surface area contributed by atoms with Crippen molar-refractivity contribution in [2.45, 2.75) is 25.6 Å². The Hall–Kier alpha value is -2.87. The Balaban J connectivity index is 1.52. The topological polar surface area (TPSA) is 42.4 Å². The fourth-order valence-corrected chi connectivity index (χ4v) is 4.57. The second kappa shape index (κ2) is 8.10. The summed E-state index contributed by atoms with van der Waals surface area (Å²) in [6.45, 7) is 1.46. The number of carbonyl (C=O) groups excluding carboxylic acids is 1. The molecule has 3 aromatic rings. The number of carbonyl (C=O) groups is 1. The van der Waals surface area contributed by atoms with Crippen LogP contribution in [0.1, 0.15) is 21.7 Å². The summed E-state index contributed by atoms with van der Waals surface area (Å²) in [4.78, 5) is 19.5. The quantitative estimate of drug-likeness (QED) is 0.538. The van der Waals surface area contributed by atoms with Crippen LogP contribution in [0.25, 0.3) is 10.6 Å². The largest absolute Gasteiger partial charge is 0.469 e. The average molecular weight is 432 g/mol. The summed E-state index contributed by atoms with van der Waals surface area (Å²) in [7, 11) is 1.37. The molecule has 0 saturated heterocycles. The Morgan fingerprint density at radius 2 is 1.97 bits per heavy atom. The summed E-state index contributed by atoms with van der Waals surface area (Å²) in [6, 6.07) is 12.9. The van der Waals surface area contributed by atoms with Gasteiger partial charge < -0.3 is 9.64 Å². The number of methoxy groups -OCH3 is 1. The molecule has 30 heavy (non-hydrogen) atoms. The molecular formula is C22H19F3N2O2S. The normalized spacial score (nSPS) is 13.8. The van der Waals surface area contributed by atoms with Crippen molar-refractivity contribution in [2.24, 2.45) is 0 Å². The minimum Gasteiger partial charge on any atom is -0.469 e. The second-order valence-electron chi connectivity index (χ2n) is 7.06. The third-order valence-corrected chi connectivity index (χ3v) is 6.17. The molecule has 0 fully saturated rings. The van der Waals surface area contributed by atoms with Crippen LogP contribution in [-0.2, 0) is 35.1 Å². The van der Waals surface area contributed by atoms with Crippen LogP contribution < -0.4 is 4.90 Å². The Labute approximate surface area is 175 Å². The lowest BCUT2D eigenvalue weighted by Gasteiger charge is -2.28. The molecule has 1 aliphatic heterocycles. The Morgan fingerprint density at radius 1 is 1.20 bits per heavy atom. The monoisotopic (exact) mass is 432 g/mol. The van der Waals surface area contributed by atoms with E-state index in [1.165, 1.54) is 30.6 Å². The van der Waals surface area contributed by atoms with Crippen LogP contribution in [0.4, 0.5) is 18.9 Å². The van der Waals surface area contributed by atoms with Gasteiger partial charge in [-0.15, -0.1) is 11.3 Å². The lowest BCUT2D eigenvalue weighted by Crippen LogP contribution is -2.29. The number of anilines is 1. The maximum absolute atomic E-state index is 12.8. The number of aromatic nitrogens is 1.